The van der Waals surface area contributed by atoms with Gasteiger partial charge in [-0.05, 0) is 20.3 Å². The van der Waals surface area contributed by atoms with Crippen molar-refractivity contribution in [2.45, 2.75) is 39.0 Å². The molecule has 1 aromatic rings. The monoisotopic (exact) mass is 198 g/mol. The molecule has 0 aliphatic carbocycles. The fraction of sp³-hybridized carbons (Fsp3) is 0.700. The lowest BCUT2D eigenvalue weighted by Crippen LogP contribution is -2.24. The zero-order chi connectivity index (χ0) is 10.6. The minimum atomic E-state index is -0.120. The Labute approximate surface area is 84.5 Å². The molecule has 0 aliphatic rings. The van der Waals surface area contributed by atoms with Gasteiger partial charge in [-0.25, -0.2) is 0 Å². The summed E-state index contributed by atoms with van der Waals surface area (Å²) in [5.41, 5.74) is 0.728. The molecule has 1 aromatic heterocycles. The van der Waals surface area contributed by atoms with E-state index in [-0.39, 0.29) is 12.2 Å². The maximum Gasteiger partial charge on any atom is 0.0712 e. The molecule has 0 amide bonds. The lowest BCUT2D eigenvalue weighted by Gasteiger charge is -2.22. The topological polar surface area (TPSA) is 47.3 Å². The first-order chi connectivity index (χ1) is 6.57. The van der Waals surface area contributed by atoms with Gasteiger partial charge in [0.2, 0.25) is 0 Å². The molecule has 4 nitrogen and oxygen atoms in total. The van der Waals surface area contributed by atoms with E-state index < -0.39 is 0 Å². The third kappa shape index (κ3) is 3.12. The van der Waals surface area contributed by atoms with Gasteiger partial charge in [-0.1, -0.05) is 0 Å². The second-order valence-corrected chi connectivity index (χ2v) is 3.98. The molecule has 80 valence electrons. The molecule has 14 heavy (non-hydrogen) atoms. The van der Waals surface area contributed by atoms with E-state index in [2.05, 4.69) is 5.10 Å². The van der Waals surface area contributed by atoms with Crippen LogP contribution in [0.2, 0.25) is 0 Å². The molecule has 0 saturated carbocycles. The van der Waals surface area contributed by atoms with E-state index in [0.29, 0.717) is 0 Å². The molecular weight excluding hydrogens is 180 g/mol. The summed E-state index contributed by atoms with van der Waals surface area (Å²) in [4.78, 5) is 0. The summed E-state index contributed by atoms with van der Waals surface area (Å²) in [6, 6.07) is 0. The van der Waals surface area contributed by atoms with Crippen LogP contribution in [0.3, 0.4) is 0 Å². The molecule has 0 unspecified atom stereocenters. The fourth-order valence-corrected chi connectivity index (χ4v) is 1.10. The van der Waals surface area contributed by atoms with Crippen LogP contribution < -0.4 is 0 Å². The van der Waals surface area contributed by atoms with Gasteiger partial charge in [0.05, 0.1) is 18.4 Å². The number of hydrogen-bond donors (Lipinski definition) is 1. The number of rotatable bonds is 5. The number of methoxy groups -OCH3 is 1. The summed E-state index contributed by atoms with van der Waals surface area (Å²) in [6.07, 6.45) is 4.43. The van der Waals surface area contributed by atoms with Crippen LogP contribution in [0, 0.1) is 0 Å². The number of aliphatic hydroxyl groups is 1. The summed E-state index contributed by atoms with van der Waals surface area (Å²) < 4.78 is 7.13. The number of nitrogens with zero attached hydrogens (tertiary/aromatic N) is 2. The van der Waals surface area contributed by atoms with E-state index in [9.17, 15) is 0 Å². The Morgan fingerprint density at radius 1 is 1.57 bits per heavy atom. The van der Waals surface area contributed by atoms with Crippen LogP contribution in [0.5, 0.6) is 0 Å². The highest BCUT2D eigenvalue weighted by Gasteiger charge is 2.15. The number of aromatic nitrogens is 2. The van der Waals surface area contributed by atoms with Crippen molar-refractivity contribution in [1.29, 1.82) is 0 Å². The molecule has 1 heterocycles. The molecule has 1 rings (SSSR count). The smallest absolute Gasteiger partial charge is 0.0712 e. The van der Waals surface area contributed by atoms with Gasteiger partial charge in [-0.15, -0.1) is 0 Å². The van der Waals surface area contributed by atoms with Crippen LogP contribution in [0.25, 0.3) is 0 Å². The van der Waals surface area contributed by atoms with Crippen molar-refractivity contribution < 1.29 is 9.84 Å². The molecule has 1 N–H and O–H groups in total. The first-order valence-corrected chi connectivity index (χ1v) is 4.75. The molecule has 0 aliphatic heterocycles. The van der Waals surface area contributed by atoms with E-state index >= 15 is 0 Å². The minimum Gasteiger partial charge on any atom is -0.392 e. The van der Waals surface area contributed by atoms with Gasteiger partial charge < -0.3 is 9.84 Å². The van der Waals surface area contributed by atoms with Crippen LogP contribution >= 0.6 is 0 Å². The van der Waals surface area contributed by atoms with Gasteiger partial charge in [-0.3, -0.25) is 4.68 Å². The lowest BCUT2D eigenvalue weighted by atomic mass is 10.1. The molecule has 0 saturated heterocycles. The second-order valence-electron chi connectivity index (χ2n) is 3.98. The van der Waals surface area contributed by atoms with Crippen molar-refractivity contribution in [2.75, 3.05) is 7.11 Å². The fourth-order valence-electron chi connectivity index (χ4n) is 1.10. The van der Waals surface area contributed by atoms with Crippen molar-refractivity contribution in [1.82, 2.24) is 9.78 Å². The Balaban J connectivity index is 2.45. The molecular formula is C10H18N2O2. The molecule has 0 radical (unpaired) electrons. The molecule has 0 atom stereocenters. The van der Waals surface area contributed by atoms with Gasteiger partial charge in [0.25, 0.3) is 0 Å². The van der Waals surface area contributed by atoms with E-state index in [4.69, 9.17) is 9.84 Å². The standard InChI is InChI=1S/C10H18N2O2/c1-10(2,14-3)4-5-12-7-9(8-13)6-11-12/h6-7,13H,4-5,8H2,1-3H3. The van der Waals surface area contributed by atoms with Crippen LogP contribution in [0.1, 0.15) is 25.8 Å². The number of ether oxygens (including phenoxy) is 1. The average Bonchev–Trinajstić information content (AvgIpc) is 2.63. The van der Waals surface area contributed by atoms with Crippen molar-refractivity contribution in [3.05, 3.63) is 18.0 Å². The highest BCUT2D eigenvalue weighted by molar-refractivity contribution is 5.01. The molecule has 0 bridgehead atoms. The van der Waals surface area contributed by atoms with Gasteiger partial charge in [0.15, 0.2) is 0 Å². The third-order valence-electron chi connectivity index (χ3n) is 2.36. The lowest BCUT2D eigenvalue weighted by molar-refractivity contribution is 0.0113. The maximum atomic E-state index is 8.85. The minimum absolute atomic E-state index is 0.0493. The van der Waals surface area contributed by atoms with Crippen LogP contribution in [-0.4, -0.2) is 27.6 Å². The van der Waals surface area contributed by atoms with Gasteiger partial charge >= 0.3 is 0 Å². The number of aliphatic hydroxyl groups excluding tert-OH is 1. The zero-order valence-electron chi connectivity index (χ0n) is 9.03. The molecule has 4 heteroatoms. The quantitative estimate of drug-likeness (QED) is 0.773. The van der Waals surface area contributed by atoms with Crippen LogP contribution in [-0.2, 0) is 17.9 Å². The Bertz CT molecular complexity index is 281. The SMILES string of the molecule is COC(C)(C)CCn1cc(CO)cn1. The third-order valence-corrected chi connectivity index (χ3v) is 2.36. The first kappa shape index (κ1) is 11.2. The van der Waals surface area contributed by atoms with Gasteiger partial charge in [0, 0.05) is 25.4 Å². The zero-order valence-corrected chi connectivity index (χ0v) is 9.03. The predicted octanol–water partition coefficient (Wildman–Crippen LogP) is 1.19. The highest BCUT2D eigenvalue weighted by atomic mass is 16.5. The largest absolute Gasteiger partial charge is 0.392 e. The van der Waals surface area contributed by atoms with Crippen LogP contribution in [0.15, 0.2) is 12.4 Å². The molecule has 0 fully saturated rings. The second kappa shape index (κ2) is 4.57. The van der Waals surface area contributed by atoms with Crippen molar-refractivity contribution in [3.63, 3.8) is 0 Å². The molecule has 0 aromatic carbocycles. The predicted molar refractivity (Wildman–Crippen MR) is 53.9 cm³/mol. The van der Waals surface area contributed by atoms with Crippen LogP contribution in [0.4, 0.5) is 0 Å². The summed E-state index contributed by atoms with van der Waals surface area (Å²) >= 11 is 0. The van der Waals surface area contributed by atoms with E-state index in [1.807, 2.05) is 24.7 Å². The molecule has 0 spiro atoms. The van der Waals surface area contributed by atoms with E-state index in [1.54, 1.807) is 13.3 Å². The Kier molecular flexibility index (Phi) is 3.66. The number of hydrogen-bond acceptors (Lipinski definition) is 3. The first-order valence-electron chi connectivity index (χ1n) is 4.75. The summed E-state index contributed by atoms with van der Waals surface area (Å²) in [7, 11) is 1.71. The average molecular weight is 198 g/mol. The Morgan fingerprint density at radius 2 is 2.29 bits per heavy atom. The van der Waals surface area contributed by atoms with Gasteiger partial charge in [-0.2, -0.15) is 5.10 Å². The highest BCUT2D eigenvalue weighted by Crippen LogP contribution is 2.13. The summed E-state index contributed by atoms with van der Waals surface area (Å²) in [5, 5.41) is 13.0. The van der Waals surface area contributed by atoms with Crippen molar-refractivity contribution in [3.8, 4) is 0 Å². The van der Waals surface area contributed by atoms with E-state index in [1.165, 1.54) is 0 Å². The summed E-state index contributed by atoms with van der Waals surface area (Å²) in [5.74, 6) is 0. The van der Waals surface area contributed by atoms with E-state index in [0.717, 1.165) is 18.5 Å². The Hall–Kier alpha value is -0.870. The normalized spacial score (nSPS) is 12.0. The van der Waals surface area contributed by atoms with Gasteiger partial charge in [0.1, 0.15) is 0 Å². The Morgan fingerprint density at radius 3 is 2.79 bits per heavy atom. The van der Waals surface area contributed by atoms with Crippen molar-refractivity contribution in [2.24, 2.45) is 0 Å². The number of aryl methyl sites for hydroxylation is 1. The van der Waals surface area contributed by atoms with Crippen molar-refractivity contribution >= 4 is 0 Å². The maximum absolute atomic E-state index is 8.85. The summed E-state index contributed by atoms with van der Waals surface area (Å²) in [6.45, 7) is 4.95.